The number of aryl methyl sites for hydroxylation is 1. The third-order valence-electron chi connectivity index (χ3n) is 4.79. The zero-order chi connectivity index (χ0) is 22.0. The molecular formula is C24H20N2O3S2. The number of carbonyl (C=O) groups excluding carboxylic acids is 1. The molecule has 1 aromatic heterocycles. The van der Waals surface area contributed by atoms with Crippen molar-refractivity contribution in [3.8, 4) is 21.7 Å². The van der Waals surface area contributed by atoms with Gasteiger partial charge < -0.3 is 5.32 Å². The van der Waals surface area contributed by atoms with E-state index in [1.54, 1.807) is 18.3 Å². The molecule has 156 valence electrons. The first kappa shape index (κ1) is 21.0. The second-order valence-corrected chi connectivity index (χ2v) is 10.1. The fourth-order valence-electron chi connectivity index (χ4n) is 3.30. The molecular weight excluding hydrogens is 428 g/mol. The van der Waals surface area contributed by atoms with Crippen molar-refractivity contribution in [1.29, 1.82) is 0 Å². The van der Waals surface area contributed by atoms with Crippen molar-refractivity contribution in [3.63, 3.8) is 0 Å². The Balaban J connectivity index is 1.73. The molecule has 0 saturated carbocycles. The number of thiazole rings is 1. The van der Waals surface area contributed by atoms with Gasteiger partial charge in [0.1, 0.15) is 5.01 Å². The number of benzene rings is 3. The van der Waals surface area contributed by atoms with Gasteiger partial charge in [0.05, 0.1) is 4.90 Å². The van der Waals surface area contributed by atoms with Crippen LogP contribution in [0, 0.1) is 6.92 Å². The lowest BCUT2D eigenvalue weighted by molar-refractivity contribution is 0.102. The van der Waals surface area contributed by atoms with Crippen LogP contribution in [0.15, 0.2) is 83.2 Å². The molecule has 0 spiro atoms. The first-order valence-corrected chi connectivity index (χ1v) is 12.3. The number of anilines is 1. The van der Waals surface area contributed by atoms with E-state index in [-0.39, 0.29) is 10.8 Å². The smallest absolute Gasteiger partial charge is 0.256 e. The molecule has 1 heterocycles. The number of sulfone groups is 1. The Morgan fingerprint density at radius 2 is 1.74 bits per heavy atom. The molecule has 0 atom stereocenters. The Bertz CT molecular complexity index is 1360. The van der Waals surface area contributed by atoms with Gasteiger partial charge in [0, 0.05) is 34.6 Å². The molecule has 0 saturated heterocycles. The van der Waals surface area contributed by atoms with Gasteiger partial charge in [-0.15, -0.1) is 11.3 Å². The molecule has 4 rings (SSSR count). The fourth-order valence-corrected chi connectivity index (χ4v) is 4.58. The van der Waals surface area contributed by atoms with E-state index in [1.807, 2.05) is 60.8 Å². The van der Waals surface area contributed by atoms with E-state index in [0.717, 1.165) is 28.0 Å². The summed E-state index contributed by atoms with van der Waals surface area (Å²) in [7, 11) is -3.41. The van der Waals surface area contributed by atoms with Gasteiger partial charge in [-0.1, -0.05) is 42.0 Å². The highest BCUT2D eigenvalue weighted by Gasteiger charge is 2.18. The molecule has 31 heavy (non-hydrogen) atoms. The van der Waals surface area contributed by atoms with Crippen molar-refractivity contribution in [2.75, 3.05) is 11.6 Å². The van der Waals surface area contributed by atoms with E-state index >= 15 is 0 Å². The van der Waals surface area contributed by atoms with E-state index in [1.165, 1.54) is 17.4 Å². The van der Waals surface area contributed by atoms with E-state index in [9.17, 15) is 13.2 Å². The third kappa shape index (κ3) is 4.73. The van der Waals surface area contributed by atoms with Gasteiger partial charge in [-0.3, -0.25) is 4.79 Å². The van der Waals surface area contributed by atoms with Gasteiger partial charge >= 0.3 is 0 Å². The first-order valence-electron chi connectivity index (χ1n) is 9.54. The Kier molecular flexibility index (Phi) is 5.71. The molecule has 1 N–H and O–H groups in total. The van der Waals surface area contributed by atoms with Crippen LogP contribution >= 0.6 is 11.3 Å². The molecule has 1 amide bonds. The summed E-state index contributed by atoms with van der Waals surface area (Å²) in [6.07, 6.45) is 2.90. The van der Waals surface area contributed by atoms with Gasteiger partial charge in [0.25, 0.3) is 5.91 Å². The zero-order valence-corrected chi connectivity index (χ0v) is 18.6. The monoisotopic (exact) mass is 448 g/mol. The standard InChI is InChI=1S/C24H20N2O3S2/c1-16-5-3-6-17(13-16)22-15-20(31(2,28)29)9-10-21(22)23(27)26-19-8-4-7-18(14-19)24-25-11-12-30-24/h3-15H,1-2H3,(H,26,27). The largest absolute Gasteiger partial charge is 0.322 e. The van der Waals surface area contributed by atoms with Crippen LogP contribution in [0.2, 0.25) is 0 Å². The van der Waals surface area contributed by atoms with Crippen molar-refractivity contribution < 1.29 is 13.2 Å². The van der Waals surface area contributed by atoms with Crippen LogP contribution in [0.4, 0.5) is 5.69 Å². The maximum Gasteiger partial charge on any atom is 0.256 e. The molecule has 0 fully saturated rings. The van der Waals surface area contributed by atoms with Crippen LogP contribution in [-0.2, 0) is 9.84 Å². The lowest BCUT2D eigenvalue weighted by Crippen LogP contribution is -2.14. The predicted octanol–water partition coefficient (Wildman–Crippen LogP) is 5.44. The zero-order valence-electron chi connectivity index (χ0n) is 17.0. The van der Waals surface area contributed by atoms with E-state index in [2.05, 4.69) is 10.3 Å². The topological polar surface area (TPSA) is 76.1 Å². The van der Waals surface area contributed by atoms with Gasteiger partial charge in [0.2, 0.25) is 0 Å². The molecule has 0 bridgehead atoms. The molecule has 3 aromatic carbocycles. The van der Waals surface area contributed by atoms with Gasteiger partial charge in [-0.2, -0.15) is 0 Å². The second-order valence-electron chi connectivity index (χ2n) is 7.22. The summed E-state index contributed by atoms with van der Waals surface area (Å²) >= 11 is 1.52. The summed E-state index contributed by atoms with van der Waals surface area (Å²) in [6.45, 7) is 1.95. The molecule has 0 aliphatic carbocycles. The number of rotatable bonds is 5. The van der Waals surface area contributed by atoms with Crippen LogP contribution in [0.3, 0.4) is 0 Å². The molecule has 0 aliphatic rings. The third-order valence-corrected chi connectivity index (χ3v) is 6.73. The quantitative estimate of drug-likeness (QED) is 0.441. The summed E-state index contributed by atoms with van der Waals surface area (Å²) in [5, 5.41) is 5.70. The maximum absolute atomic E-state index is 13.2. The van der Waals surface area contributed by atoms with E-state index in [0.29, 0.717) is 16.8 Å². The summed E-state index contributed by atoms with van der Waals surface area (Å²) in [5.74, 6) is -0.312. The number of hydrogen-bond donors (Lipinski definition) is 1. The van der Waals surface area contributed by atoms with Gasteiger partial charge in [-0.05, 0) is 48.4 Å². The molecule has 7 heteroatoms. The van der Waals surface area contributed by atoms with Gasteiger partial charge in [-0.25, -0.2) is 13.4 Å². The average molecular weight is 449 g/mol. The maximum atomic E-state index is 13.2. The van der Waals surface area contributed by atoms with Crippen molar-refractivity contribution in [1.82, 2.24) is 4.98 Å². The number of amides is 1. The molecule has 0 unspecified atom stereocenters. The average Bonchev–Trinajstić information content (AvgIpc) is 3.28. The Labute approximate surface area is 185 Å². The lowest BCUT2D eigenvalue weighted by atomic mass is 9.97. The van der Waals surface area contributed by atoms with Crippen LogP contribution in [0.1, 0.15) is 15.9 Å². The van der Waals surface area contributed by atoms with Crippen LogP contribution in [0.5, 0.6) is 0 Å². The minimum absolute atomic E-state index is 0.173. The van der Waals surface area contributed by atoms with Crippen LogP contribution in [-0.4, -0.2) is 25.6 Å². The summed E-state index contributed by atoms with van der Waals surface area (Å²) in [6, 6.07) is 19.7. The van der Waals surface area contributed by atoms with Crippen molar-refractivity contribution in [3.05, 3.63) is 89.4 Å². The molecule has 5 nitrogen and oxygen atoms in total. The highest BCUT2D eigenvalue weighted by molar-refractivity contribution is 7.90. The van der Waals surface area contributed by atoms with Crippen LogP contribution < -0.4 is 5.32 Å². The Hall–Kier alpha value is -3.29. The highest BCUT2D eigenvalue weighted by atomic mass is 32.2. The summed E-state index contributed by atoms with van der Waals surface area (Å²) in [4.78, 5) is 17.7. The number of nitrogens with one attached hydrogen (secondary N) is 1. The van der Waals surface area contributed by atoms with Crippen molar-refractivity contribution in [2.24, 2.45) is 0 Å². The molecule has 0 radical (unpaired) electrons. The Morgan fingerprint density at radius 1 is 0.968 bits per heavy atom. The molecule has 0 aliphatic heterocycles. The van der Waals surface area contributed by atoms with Crippen LogP contribution in [0.25, 0.3) is 21.7 Å². The van der Waals surface area contributed by atoms with Gasteiger partial charge in [0.15, 0.2) is 9.84 Å². The Morgan fingerprint density at radius 3 is 2.45 bits per heavy atom. The SMILES string of the molecule is Cc1cccc(-c2cc(S(C)(=O)=O)ccc2C(=O)Nc2cccc(-c3nccs3)c2)c1. The number of hydrogen-bond acceptors (Lipinski definition) is 5. The first-order chi connectivity index (χ1) is 14.8. The minimum Gasteiger partial charge on any atom is -0.322 e. The van der Waals surface area contributed by atoms with Crippen molar-refractivity contribution >= 4 is 32.8 Å². The van der Waals surface area contributed by atoms with Crippen molar-refractivity contribution in [2.45, 2.75) is 11.8 Å². The highest BCUT2D eigenvalue weighted by Crippen LogP contribution is 2.29. The fraction of sp³-hybridized carbons (Fsp3) is 0.0833. The predicted molar refractivity (Wildman–Crippen MR) is 125 cm³/mol. The second kappa shape index (κ2) is 8.45. The normalized spacial score (nSPS) is 11.3. The summed E-state index contributed by atoms with van der Waals surface area (Å²) in [5.41, 5.74) is 4.33. The number of aromatic nitrogens is 1. The lowest BCUT2D eigenvalue weighted by Gasteiger charge is -2.13. The minimum atomic E-state index is -3.41. The van der Waals surface area contributed by atoms with E-state index in [4.69, 9.17) is 0 Å². The molecule has 4 aromatic rings. The number of nitrogens with zero attached hydrogens (tertiary/aromatic N) is 1. The summed E-state index contributed by atoms with van der Waals surface area (Å²) < 4.78 is 24.2. The van der Waals surface area contributed by atoms with E-state index < -0.39 is 9.84 Å². The number of carbonyl (C=O) groups is 1.